The molecule has 4 N–H and O–H groups in total. The fourth-order valence-electron chi connectivity index (χ4n) is 1.75. The fraction of sp³-hybridized carbons (Fsp3) is 0.182. The lowest BCUT2D eigenvalue weighted by molar-refractivity contribution is -0.129. The summed E-state index contributed by atoms with van der Waals surface area (Å²) in [5.74, 6) is -2.17. The van der Waals surface area contributed by atoms with Crippen LogP contribution >= 0.6 is 0 Å². The highest BCUT2D eigenvalue weighted by molar-refractivity contribution is 6.23. The number of ketones is 1. The van der Waals surface area contributed by atoms with Crippen molar-refractivity contribution in [2.24, 2.45) is 22.4 Å². The Morgan fingerprint density at radius 2 is 1.88 bits per heavy atom. The number of carbonyl (C=O) groups excluding carboxylic acids is 2. The topological polar surface area (TPSA) is 98.5 Å². The molecule has 0 saturated carbocycles. The Labute approximate surface area is 92.1 Å². The predicted molar refractivity (Wildman–Crippen MR) is 58.5 cm³/mol. The average Bonchev–Trinajstić information content (AvgIpc) is 2.55. The van der Waals surface area contributed by atoms with E-state index in [0.717, 1.165) is 5.56 Å². The number of carbonyl (C=O) groups is 2. The summed E-state index contributed by atoms with van der Waals surface area (Å²) in [6.07, 6.45) is 0. The average molecular weight is 217 g/mol. The van der Waals surface area contributed by atoms with Crippen molar-refractivity contribution in [2.45, 2.75) is 6.04 Å². The number of nitrogens with two attached hydrogens (primary N) is 2. The quantitative estimate of drug-likeness (QED) is 0.669. The van der Waals surface area contributed by atoms with Crippen LogP contribution in [0.1, 0.15) is 11.6 Å². The molecule has 1 amide bonds. The Kier molecular flexibility index (Phi) is 2.44. The highest BCUT2D eigenvalue weighted by Gasteiger charge is 2.40. The van der Waals surface area contributed by atoms with Gasteiger partial charge in [-0.25, -0.2) is 0 Å². The number of Topliss-reactive ketones (excluding diaryl/α,β-unsaturated/α-hetero) is 1. The van der Waals surface area contributed by atoms with Crippen LogP contribution < -0.4 is 11.5 Å². The molecule has 5 heteroatoms. The van der Waals surface area contributed by atoms with Crippen LogP contribution in [-0.4, -0.2) is 17.5 Å². The molecule has 0 aromatic heterocycles. The molecule has 1 aromatic carbocycles. The summed E-state index contributed by atoms with van der Waals surface area (Å²) >= 11 is 0. The third kappa shape index (κ3) is 1.56. The van der Waals surface area contributed by atoms with E-state index in [4.69, 9.17) is 11.5 Å². The van der Waals surface area contributed by atoms with Gasteiger partial charge in [-0.2, -0.15) is 0 Å². The van der Waals surface area contributed by atoms with Crippen LogP contribution in [0.4, 0.5) is 0 Å². The van der Waals surface area contributed by atoms with E-state index in [1.165, 1.54) is 0 Å². The molecule has 1 aromatic rings. The molecule has 1 aliphatic rings. The summed E-state index contributed by atoms with van der Waals surface area (Å²) in [4.78, 5) is 26.9. The molecular formula is C11H11N3O2. The van der Waals surface area contributed by atoms with Gasteiger partial charge < -0.3 is 11.5 Å². The Balaban J connectivity index is 2.35. The number of nitrogens with zero attached hydrogens (tertiary/aromatic N) is 1. The minimum atomic E-state index is -1.08. The Bertz CT molecular complexity index is 467. The molecule has 82 valence electrons. The van der Waals surface area contributed by atoms with Gasteiger partial charge in [0.25, 0.3) is 0 Å². The van der Waals surface area contributed by atoms with Crippen molar-refractivity contribution in [1.29, 1.82) is 0 Å². The highest BCUT2D eigenvalue weighted by Crippen LogP contribution is 2.27. The maximum atomic E-state index is 11.9. The predicted octanol–water partition coefficient (Wildman–Crippen LogP) is -0.231. The van der Waals surface area contributed by atoms with E-state index in [1.54, 1.807) is 24.3 Å². The van der Waals surface area contributed by atoms with E-state index in [9.17, 15) is 9.59 Å². The molecule has 0 saturated heterocycles. The van der Waals surface area contributed by atoms with Gasteiger partial charge in [0, 0.05) is 0 Å². The van der Waals surface area contributed by atoms with Crippen LogP contribution in [0.3, 0.4) is 0 Å². The number of amides is 1. The Morgan fingerprint density at radius 1 is 1.25 bits per heavy atom. The van der Waals surface area contributed by atoms with Crippen molar-refractivity contribution in [3.05, 3.63) is 35.9 Å². The molecule has 0 radical (unpaired) electrons. The molecule has 0 fully saturated rings. The van der Waals surface area contributed by atoms with Crippen LogP contribution in [0, 0.1) is 5.92 Å². The molecular weight excluding hydrogens is 206 g/mol. The zero-order valence-electron chi connectivity index (χ0n) is 8.46. The number of hydrogen-bond donors (Lipinski definition) is 2. The maximum Gasteiger partial charge on any atom is 0.235 e. The number of aliphatic imine (C=N–C) groups is 1. The van der Waals surface area contributed by atoms with E-state index in [1.807, 2.05) is 6.07 Å². The van der Waals surface area contributed by atoms with Gasteiger partial charge in [0.05, 0.1) is 0 Å². The number of primary amides is 1. The molecule has 1 heterocycles. The van der Waals surface area contributed by atoms with Crippen molar-refractivity contribution >= 4 is 17.5 Å². The largest absolute Gasteiger partial charge is 0.386 e. The lowest BCUT2D eigenvalue weighted by Crippen LogP contribution is -2.37. The van der Waals surface area contributed by atoms with Crippen LogP contribution in [0.25, 0.3) is 0 Å². The normalized spacial score (nSPS) is 24.2. The van der Waals surface area contributed by atoms with Crippen molar-refractivity contribution in [2.75, 3.05) is 0 Å². The maximum absolute atomic E-state index is 11.9. The molecule has 2 rings (SSSR count). The first-order chi connectivity index (χ1) is 7.61. The summed E-state index contributed by atoms with van der Waals surface area (Å²) in [5, 5.41) is 0. The van der Waals surface area contributed by atoms with Gasteiger partial charge >= 0.3 is 0 Å². The number of benzene rings is 1. The molecule has 1 aliphatic heterocycles. The summed E-state index contributed by atoms with van der Waals surface area (Å²) in [6.45, 7) is 0. The third-order valence-electron chi connectivity index (χ3n) is 2.53. The molecule has 0 spiro atoms. The van der Waals surface area contributed by atoms with Crippen molar-refractivity contribution < 1.29 is 9.59 Å². The first-order valence-corrected chi connectivity index (χ1v) is 4.82. The van der Waals surface area contributed by atoms with Crippen LogP contribution in [0.15, 0.2) is 35.3 Å². The smallest absolute Gasteiger partial charge is 0.235 e. The molecule has 16 heavy (non-hydrogen) atoms. The number of rotatable bonds is 2. The molecule has 2 atom stereocenters. The standard InChI is InChI=1S/C11H11N3O2/c12-10-7(11(13)16)9(15)8(14-10)6-4-2-1-3-5-6/h1-5,7-8H,(H2,12,14)(H2,13,16). The van der Waals surface area contributed by atoms with Crippen LogP contribution in [0.5, 0.6) is 0 Å². The first kappa shape index (κ1) is 10.4. The molecule has 5 nitrogen and oxygen atoms in total. The summed E-state index contributed by atoms with van der Waals surface area (Å²) < 4.78 is 0. The second-order valence-corrected chi connectivity index (χ2v) is 3.60. The lowest BCUT2D eigenvalue weighted by atomic mass is 9.96. The van der Waals surface area contributed by atoms with E-state index in [-0.39, 0.29) is 11.6 Å². The van der Waals surface area contributed by atoms with Crippen LogP contribution in [-0.2, 0) is 9.59 Å². The Hall–Kier alpha value is -2.17. The van der Waals surface area contributed by atoms with Crippen molar-refractivity contribution in [3.63, 3.8) is 0 Å². The SMILES string of the molecule is NC(=O)C1C(=O)C(c2ccccc2)N=C1N. The Morgan fingerprint density at radius 3 is 2.38 bits per heavy atom. The fourth-order valence-corrected chi connectivity index (χ4v) is 1.75. The van der Waals surface area contributed by atoms with Gasteiger partial charge in [-0.15, -0.1) is 0 Å². The second-order valence-electron chi connectivity index (χ2n) is 3.60. The summed E-state index contributed by atoms with van der Waals surface area (Å²) in [5.41, 5.74) is 11.3. The highest BCUT2D eigenvalue weighted by atomic mass is 16.2. The van der Waals surface area contributed by atoms with E-state index in [0.29, 0.717) is 0 Å². The van der Waals surface area contributed by atoms with Gasteiger partial charge in [0.1, 0.15) is 11.9 Å². The van der Waals surface area contributed by atoms with Crippen molar-refractivity contribution in [1.82, 2.24) is 0 Å². The zero-order valence-corrected chi connectivity index (χ0v) is 8.46. The number of amidine groups is 1. The van der Waals surface area contributed by atoms with Gasteiger partial charge in [0.15, 0.2) is 11.7 Å². The lowest BCUT2D eigenvalue weighted by Gasteiger charge is -2.07. The van der Waals surface area contributed by atoms with E-state index >= 15 is 0 Å². The first-order valence-electron chi connectivity index (χ1n) is 4.82. The number of hydrogen-bond acceptors (Lipinski definition) is 4. The van der Waals surface area contributed by atoms with Crippen LogP contribution in [0.2, 0.25) is 0 Å². The molecule has 0 bridgehead atoms. The third-order valence-corrected chi connectivity index (χ3v) is 2.53. The monoisotopic (exact) mass is 217 g/mol. The minimum absolute atomic E-state index is 0.00588. The van der Waals surface area contributed by atoms with Gasteiger partial charge in [0.2, 0.25) is 5.91 Å². The van der Waals surface area contributed by atoms with E-state index in [2.05, 4.69) is 4.99 Å². The summed E-state index contributed by atoms with van der Waals surface area (Å²) in [7, 11) is 0. The molecule has 2 unspecified atom stereocenters. The van der Waals surface area contributed by atoms with E-state index < -0.39 is 17.9 Å². The second kappa shape index (κ2) is 3.77. The van der Waals surface area contributed by atoms with Gasteiger partial charge in [-0.05, 0) is 5.56 Å². The van der Waals surface area contributed by atoms with Crippen molar-refractivity contribution in [3.8, 4) is 0 Å². The molecule has 0 aliphatic carbocycles. The summed E-state index contributed by atoms with van der Waals surface area (Å²) in [6, 6.07) is 8.27. The minimum Gasteiger partial charge on any atom is -0.386 e. The van der Waals surface area contributed by atoms with Gasteiger partial charge in [-0.1, -0.05) is 30.3 Å². The van der Waals surface area contributed by atoms with Gasteiger partial charge in [-0.3, -0.25) is 14.6 Å². The zero-order chi connectivity index (χ0) is 11.7.